The lowest BCUT2D eigenvalue weighted by Crippen LogP contribution is -2.37. The van der Waals surface area contributed by atoms with E-state index in [1.807, 2.05) is 4.90 Å². The Morgan fingerprint density at radius 1 is 1.26 bits per heavy atom. The number of alkyl halides is 3. The summed E-state index contributed by atoms with van der Waals surface area (Å²) in [6.07, 6.45) is -2.89. The number of halogens is 3. The van der Waals surface area contributed by atoms with Crippen molar-refractivity contribution < 1.29 is 32.5 Å². The molecule has 0 aliphatic carbocycles. The van der Waals surface area contributed by atoms with Gasteiger partial charge in [-0.3, -0.25) is 5.32 Å². The molecule has 5 rings (SSSR count). The molecule has 0 unspecified atom stereocenters. The maximum absolute atomic E-state index is 13.1. The molecule has 4 heterocycles. The van der Waals surface area contributed by atoms with Gasteiger partial charge in [-0.15, -0.1) is 0 Å². The summed E-state index contributed by atoms with van der Waals surface area (Å²) in [6, 6.07) is 6.59. The van der Waals surface area contributed by atoms with Crippen LogP contribution in [-0.2, 0) is 16.0 Å². The quantitative estimate of drug-likeness (QED) is 0.556. The fourth-order valence-electron chi connectivity index (χ4n) is 4.23. The topological polar surface area (TPSA) is 115 Å². The van der Waals surface area contributed by atoms with E-state index < -0.39 is 18.8 Å². The number of rotatable bonds is 6. The molecule has 10 nitrogen and oxygen atoms in total. The van der Waals surface area contributed by atoms with E-state index in [0.29, 0.717) is 35.6 Å². The lowest BCUT2D eigenvalue weighted by Gasteiger charge is -2.28. The number of hydrogen-bond donors (Lipinski definition) is 2. The van der Waals surface area contributed by atoms with Gasteiger partial charge < -0.3 is 19.5 Å². The molecule has 2 fully saturated rings. The smallest absolute Gasteiger partial charge is 0.411 e. The number of anilines is 2. The van der Waals surface area contributed by atoms with Crippen LogP contribution in [0.3, 0.4) is 0 Å². The van der Waals surface area contributed by atoms with Crippen LogP contribution < -0.4 is 10.2 Å². The molecular weight excluding hydrogens is 457 g/mol. The number of carbonyl (C=O) groups excluding carboxylic acids is 1. The number of carbonyl (C=O) groups is 1. The first kappa shape index (κ1) is 22.3. The van der Waals surface area contributed by atoms with Gasteiger partial charge in [0, 0.05) is 17.8 Å². The lowest BCUT2D eigenvalue weighted by molar-refractivity contribution is -0.141. The number of hydrogen-bond acceptors (Lipinski definition) is 8. The molecule has 3 aromatic rings. The van der Waals surface area contributed by atoms with Gasteiger partial charge in [-0.25, -0.2) is 19.4 Å². The SMILES string of the molecule is O=C(Nc1ccc(-c2nc(N3C[C@H]4C[C@@H]3CO4)c3cnn(CC(F)(F)F)c3n2)cc1)OCCO. The highest BCUT2D eigenvalue weighted by Gasteiger charge is 2.41. The van der Waals surface area contributed by atoms with Crippen molar-refractivity contribution in [2.45, 2.75) is 31.3 Å². The minimum absolute atomic E-state index is 0.0691. The molecule has 2 aromatic heterocycles. The highest BCUT2D eigenvalue weighted by molar-refractivity contribution is 5.89. The van der Waals surface area contributed by atoms with E-state index >= 15 is 0 Å². The fraction of sp³-hybridized carbons (Fsp3) is 0.429. The Morgan fingerprint density at radius 2 is 2.06 bits per heavy atom. The number of morpholine rings is 1. The van der Waals surface area contributed by atoms with Crippen LogP contribution in [-0.4, -0.2) is 75.6 Å². The number of aliphatic hydroxyl groups excluding tert-OH is 1. The van der Waals surface area contributed by atoms with Crippen LogP contribution in [0.1, 0.15) is 6.42 Å². The van der Waals surface area contributed by atoms with Crippen molar-refractivity contribution in [3.63, 3.8) is 0 Å². The van der Waals surface area contributed by atoms with Gasteiger partial charge in [0.05, 0.1) is 36.9 Å². The summed E-state index contributed by atoms with van der Waals surface area (Å²) in [4.78, 5) is 22.8. The average molecular weight is 478 g/mol. The number of fused-ring (bicyclic) bond motifs is 3. The Labute approximate surface area is 191 Å². The summed E-state index contributed by atoms with van der Waals surface area (Å²) in [5.74, 6) is 0.767. The van der Waals surface area contributed by atoms with Crippen LogP contribution in [0.4, 0.5) is 29.5 Å². The first-order valence-corrected chi connectivity index (χ1v) is 10.6. The highest BCUT2D eigenvalue weighted by atomic mass is 19.4. The Bertz CT molecular complexity index is 1200. The summed E-state index contributed by atoms with van der Waals surface area (Å²) in [5, 5.41) is 15.6. The molecule has 34 heavy (non-hydrogen) atoms. The van der Waals surface area contributed by atoms with Gasteiger partial charge in [-0.05, 0) is 30.7 Å². The Morgan fingerprint density at radius 3 is 2.71 bits per heavy atom. The number of aliphatic hydroxyl groups is 1. The van der Waals surface area contributed by atoms with Gasteiger partial charge in [0.15, 0.2) is 11.5 Å². The van der Waals surface area contributed by atoms with E-state index in [9.17, 15) is 18.0 Å². The van der Waals surface area contributed by atoms with Crippen LogP contribution in [0.5, 0.6) is 0 Å². The number of nitrogens with zero attached hydrogens (tertiary/aromatic N) is 5. The predicted molar refractivity (Wildman–Crippen MR) is 114 cm³/mol. The Kier molecular flexibility index (Phi) is 5.73. The number of aromatic nitrogens is 4. The molecule has 2 aliphatic heterocycles. The molecule has 13 heteroatoms. The number of benzene rings is 1. The lowest BCUT2D eigenvalue weighted by atomic mass is 10.2. The maximum Gasteiger partial charge on any atom is 0.411 e. The van der Waals surface area contributed by atoms with Crippen molar-refractivity contribution in [3.05, 3.63) is 30.5 Å². The van der Waals surface area contributed by atoms with E-state index in [1.165, 1.54) is 6.20 Å². The van der Waals surface area contributed by atoms with E-state index in [1.54, 1.807) is 24.3 Å². The summed E-state index contributed by atoms with van der Waals surface area (Å²) < 4.78 is 50.6. The second kappa shape index (κ2) is 8.72. The van der Waals surface area contributed by atoms with Crippen LogP contribution in [0.25, 0.3) is 22.4 Å². The molecular formula is C21H21F3N6O4. The molecule has 2 atom stereocenters. The van der Waals surface area contributed by atoms with E-state index in [0.717, 1.165) is 11.1 Å². The normalized spacial score (nSPS) is 19.7. The van der Waals surface area contributed by atoms with Crippen molar-refractivity contribution in [1.29, 1.82) is 0 Å². The van der Waals surface area contributed by atoms with Crippen LogP contribution in [0.15, 0.2) is 30.5 Å². The maximum atomic E-state index is 13.1. The predicted octanol–water partition coefficient (Wildman–Crippen LogP) is 2.57. The third kappa shape index (κ3) is 4.48. The second-order valence-electron chi connectivity index (χ2n) is 8.08. The molecule has 0 spiro atoms. The van der Waals surface area contributed by atoms with Gasteiger partial charge in [0.2, 0.25) is 0 Å². The monoisotopic (exact) mass is 478 g/mol. The molecule has 0 radical (unpaired) electrons. The molecule has 1 aromatic carbocycles. The van der Waals surface area contributed by atoms with E-state index in [2.05, 4.69) is 15.4 Å². The standard InChI is InChI=1S/C21H21F3N6O4/c22-21(23,24)11-30-19-16(8-25-30)18(29-9-15-7-14(29)10-34-15)27-17(28-19)12-1-3-13(4-2-12)26-20(32)33-6-5-31/h1-4,8,14-15,31H,5-7,9-11H2,(H,26,32)/t14-,15-/m1/s1. The van der Waals surface area contributed by atoms with E-state index in [4.69, 9.17) is 19.6 Å². The first-order chi connectivity index (χ1) is 16.3. The third-order valence-electron chi connectivity index (χ3n) is 5.69. The van der Waals surface area contributed by atoms with Gasteiger partial charge in [0.1, 0.15) is 19.0 Å². The first-order valence-electron chi connectivity index (χ1n) is 10.6. The molecule has 2 aliphatic rings. The minimum atomic E-state index is -4.46. The number of amides is 1. The third-order valence-corrected chi connectivity index (χ3v) is 5.69. The molecule has 0 saturated carbocycles. The van der Waals surface area contributed by atoms with Crippen LogP contribution in [0.2, 0.25) is 0 Å². The molecule has 2 bridgehead atoms. The van der Waals surface area contributed by atoms with Crippen molar-refractivity contribution >= 4 is 28.6 Å². The van der Waals surface area contributed by atoms with Crippen molar-refractivity contribution in [2.24, 2.45) is 0 Å². The number of ether oxygens (including phenoxy) is 2. The summed E-state index contributed by atoms with van der Waals surface area (Å²) in [6.45, 7) is -0.547. The van der Waals surface area contributed by atoms with E-state index in [-0.39, 0.29) is 36.8 Å². The van der Waals surface area contributed by atoms with Gasteiger partial charge in [-0.2, -0.15) is 18.3 Å². The van der Waals surface area contributed by atoms with Crippen LogP contribution in [0, 0.1) is 0 Å². The minimum Gasteiger partial charge on any atom is -0.447 e. The van der Waals surface area contributed by atoms with Gasteiger partial charge in [0.25, 0.3) is 0 Å². The summed E-state index contributed by atoms with van der Waals surface area (Å²) in [7, 11) is 0. The number of nitrogens with one attached hydrogen (secondary N) is 1. The zero-order valence-corrected chi connectivity index (χ0v) is 17.8. The molecule has 2 saturated heterocycles. The molecule has 1 amide bonds. The van der Waals surface area contributed by atoms with Crippen molar-refractivity contribution in [3.8, 4) is 11.4 Å². The Hall–Kier alpha value is -3.45. The largest absolute Gasteiger partial charge is 0.447 e. The summed E-state index contributed by atoms with van der Waals surface area (Å²) >= 11 is 0. The zero-order valence-electron chi connectivity index (χ0n) is 17.8. The van der Waals surface area contributed by atoms with Gasteiger partial charge >= 0.3 is 12.3 Å². The average Bonchev–Trinajstić information content (AvgIpc) is 3.53. The molecule has 2 N–H and O–H groups in total. The molecule has 180 valence electrons. The fourth-order valence-corrected chi connectivity index (χ4v) is 4.23. The van der Waals surface area contributed by atoms with Gasteiger partial charge in [-0.1, -0.05) is 0 Å². The van der Waals surface area contributed by atoms with Crippen molar-refractivity contribution in [1.82, 2.24) is 19.7 Å². The zero-order chi connectivity index (χ0) is 23.9. The van der Waals surface area contributed by atoms with Crippen LogP contribution >= 0.6 is 0 Å². The Balaban J connectivity index is 1.50. The summed E-state index contributed by atoms with van der Waals surface area (Å²) in [5.41, 5.74) is 1.08. The second-order valence-corrected chi connectivity index (χ2v) is 8.08. The van der Waals surface area contributed by atoms with Crippen molar-refractivity contribution in [2.75, 3.05) is 36.6 Å². The highest BCUT2D eigenvalue weighted by Crippen LogP contribution is 2.36.